The van der Waals surface area contributed by atoms with Crippen LogP contribution in [0.25, 0.3) is 0 Å². The number of rotatable bonds is 13. The van der Waals surface area contributed by atoms with Crippen LogP contribution in [0, 0.1) is 0 Å². The largest absolute Gasteiger partial charge is 0.384 e. The third kappa shape index (κ3) is 10.0. The number of nitrogens with one attached hydrogen (secondary N) is 2. The minimum absolute atomic E-state index is 0.549. The summed E-state index contributed by atoms with van der Waals surface area (Å²) in [5.41, 5.74) is 3.71. The Kier molecular flexibility index (Phi) is 12.4. The number of imidazole rings is 1. The van der Waals surface area contributed by atoms with Crippen LogP contribution in [0.4, 0.5) is 28.7 Å². The molecule has 2 aromatic carbocycles. The number of aryl methyl sites for hydroxylation is 1. The van der Waals surface area contributed by atoms with Crippen LogP contribution in [0.2, 0.25) is 0 Å². The lowest BCUT2D eigenvalue weighted by Gasteiger charge is -2.10. The highest BCUT2D eigenvalue weighted by Gasteiger charge is 2.01. The third-order valence-corrected chi connectivity index (χ3v) is 7.45. The molecule has 2 N–H and O–H groups in total. The fourth-order valence-electron chi connectivity index (χ4n) is 3.11. The summed E-state index contributed by atoms with van der Waals surface area (Å²) in [6.07, 6.45) is 7.36. The molecule has 0 atom stereocenters. The van der Waals surface area contributed by atoms with E-state index < -0.39 is 0 Å². The van der Waals surface area contributed by atoms with Gasteiger partial charge in [-0.2, -0.15) is 0 Å². The smallest absolute Gasteiger partial charge is 0.249 e. The van der Waals surface area contributed by atoms with E-state index in [0.29, 0.717) is 11.9 Å². The van der Waals surface area contributed by atoms with Crippen molar-refractivity contribution in [2.75, 3.05) is 49.3 Å². The molecule has 0 amide bonds. The first kappa shape index (κ1) is 28.9. The van der Waals surface area contributed by atoms with Crippen molar-refractivity contribution in [2.24, 2.45) is 32.5 Å². The van der Waals surface area contributed by atoms with Gasteiger partial charge in [-0.25, -0.2) is 4.98 Å². The summed E-state index contributed by atoms with van der Waals surface area (Å²) in [7, 11) is 9.20. The maximum atomic E-state index is 4.27. The number of guanidine groups is 1. The third-order valence-electron chi connectivity index (χ3n) is 5.04. The van der Waals surface area contributed by atoms with Crippen molar-refractivity contribution in [2.45, 2.75) is 6.92 Å². The number of aromatic nitrogens is 2. The molecular weight excluding hydrogens is 516 g/mol. The molecule has 0 aliphatic carbocycles. The molecule has 0 radical (unpaired) electrons. The Morgan fingerprint density at radius 3 is 2.00 bits per heavy atom. The number of benzene rings is 2. The van der Waals surface area contributed by atoms with Gasteiger partial charge in [0.05, 0.1) is 11.4 Å². The Bertz CT molecular complexity index is 1220. The van der Waals surface area contributed by atoms with E-state index >= 15 is 0 Å². The topological polar surface area (TPSA) is 107 Å². The number of aliphatic imine (C=N–C) groups is 1. The summed E-state index contributed by atoms with van der Waals surface area (Å²) in [6.45, 7) is 3.73. The van der Waals surface area contributed by atoms with Crippen molar-refractivity contribution < 1.29 is 0 Å². The standard InChI is InChI=1S/C26H34N10S2/c1-5-17-35(3)25(27-2)33-31-23-10-6-21(7-11-23)28-15-19-37-38-20-16-29-22-8-12-24(13-9-22)32-34-26-30-14-18-36(26)4/h5-14,17-18,28-29H,15-16,19-20H2,1-4H3/b17-5-,27-25?,33-31?,34-32?. The molecule has 38 heavy (non-hydrogen) atoms. The van der Waals surface area contributed by atoms with E-state index in [9.17, 15) is 0 Å². The first-order chi connectivity index (χ1) is 18.6. The zero-order chi connectivity index (χ0) is 27.0. The summed E-state index contributed by atoms with van der Waals surface area (Å²) in [6, 6.07) is 15.8. The van der Waals surface area contributed by atoms with Gasteiger partial charge >= 0.3 is 0 Å². The van der Waals surface area contributed by atoms with Crippen LogP contribution in [0.15, 0.2) is 98.7 Å². The summed E-state index contributed by atoms with van der Waals surface area (Å²) in [5.74, 6) is 3.15. The number of azo groups is 2. The van der Waals surface area contributed by atoms with Crippen molar-refractivity contribution in [3.05, 3.63) is 73.2 Å². The summed E-state index contributed by atoms with van der Waals surface area (Å²) in [4.78, 5) is 10.1. The highest BCUT2D eigenvalue weighted by Crippen LogP contribution is 2.23. The van der Waals surface area contributed by atoms with E-state index in [2.05, 4.69) is 41.1 Å². The molecular formula is C26H34N10S2. The monoisotopic (exact) mass is 550 g/mol. The first-order valence-corrected chi connectivity index (χ1v) is 14.6. The minimum atomic E-state index is 0.549. The fourth-order valence-corrected chi connectivity index (χ4v) is 4.92. The second kappa shape index (κ2) is 16.3. The predicted molar refractivity (Wildman–Crippen MR) is 163 cm³/mol. The molecule has 0 fully saturated rings. The Hall–Kier alpha value is -3.64. The normalized spacial score (nSPS) is 12.2. The molecule has 1 aromatic heterocycles. The van der Waals surface area contributed by atoms with Crippen molar-refractivity contribution in [3.63, 3.8) is 0 Å². The number of allylic oxidation sites excluding steroid dienone is 1. The summed E-state index contributed by atoms with van der Waals surface area (Å²) >= 11 is 0. The maximum absolute atomic E-state index is 4.27. The van der Waals surface area contributed by atoms with Crippen LogP contribution < -0.4 is 10.6 Å². The molecule has 0 saturated carbocycles. The SMILES string of the molecule is C/C=C\N(C)C(N=Nc1ccc(NCCSSCCNc2ccc(N=Nc3nccn3C)cc2)cc1)=NC. The Morgan fingerprint density at radius 1 is 0.921 bits per heavy atom. The van der Waals surface area contributed by atoms with Gasteiger partial charge in [-0.05, 0) is 55.5 Å². The molecule has 0 unspecified atom stereocenters. The lowest BCUT2D eigenvalue weighted by atomic mass is 10.3. The van der Waals surface area contributed by atoms with Crippen LogP contribution in [0.5, 0.6) is 0 Å². The Balaban J connectivity index is 1.26. The molecule has 0 spiro atoms. The highest BCUT2D eigenvalue weighted by molar-refractivity contribution is 8.76. The van der Waals surface area contributed by atoms with Crippen molar-refractivity contribution >= 4 is 56.2 Å². The van der Waals surface area contributed by atoms with E-state index in [4.69, 9.17) is 0 Å². The molecule has 10 nitrogen and oxygen atoms in total. The molecule has 0 aliphatic heterocycles. The van der Waals surface area contributed by atoms with E-state index in [1.807, 2.05) is 119 Å². The van der Waals surface area contributed by atoms with Crippen molar-refractivity contribution in [3.8, 4) is 0 Å². The number of hydrogen-bond donors (Lipinski definition) is 2. The molecule has 0 bridgehead atoms. The van der Waals surface area contributed by atoms with Gasteiger partial charge in [0.2, 0.25) is 11.9 Å². The molecule has 200 valence electrons. The zero-order valence-electron chi connectivity index (χ0n) is 22.2. The number of anilines is 2. The van der Waals surface area contributed by atoms with E-state index in [-0.39, 0.29) is 0 Å². The van der Waals surface area contributed by atoms with Gasteiger partial charge < -0.3 is 20.1 Å². The average molecular weight is 551 g/mol. The second-order valence-corrected chi connectivity index (χ2v) is 10.6. The summed E-state index contributed by atoms with van der Waals surface area (Å²) < 4.78 is 1.82. The average Bonchev–Trinajstić information content (AvgIpc) is 3.35. The molecule has 3 rings (SSSR count). The maximum Gasteiger partial charge on any atom is 0.249 e. The van der Waals surface area contributed by atoms with Gasteiger partial charge in [0.25, 0.3) is 0 Å². The number of hydrogen-bond acceptors (Lipinski definition) is 9. The molecule has 0 saturated heterocycles. The lowest BCUT2D eigenvalue weighted by Crippen LogP contribution is -2.18. The van der Waals surface area contributed by atoms with Gasteiger partial charge in [-0.15, -0.1) is 20.5 Å². The number of nitrogens with zero attached hydrogens (tertiary/aromatic N) is 8. The van der Waals surface area contributed by atoms with Gasteiger partial charge in [-0.3, -0.25) is 4.99 Å². The quantitative estimate of drug-likeness (QED) is 0.0761. The van der Waals surface area contributed by atoms with Gasteiger partial charge in [0.15, 0.2) is 0 Å². The van der Waals surface area contributed by atoms with Gasteiger partial charge in [0, 0.05) is 75.7 Å². The first-order valence-electron chi connectivity index (χ1n) is 12.1. The lowest BCUT2D eigenvalue weighted by molar-refractivity contribution is 0.670. The molecule has 0 aliphatic rings. The Labute approximate surface area is 232 Å². The van der Waals surface area contributed by atoms with Crippen LogP contribution in [0.3, 0.4) is 0 Å². The molecule has 12 heteroatoms. The minimum Gasteiger partial charge on any atom is -0.384 e. The van der Waals surface area contributed by atoms with Crippen LogP contribution >= 0.6 is 21.6 Å². The molecule has 3 aromatic rings. The Morgan fingerprint density at radius 2 is 1.50 bits per heavy atom. The van der Waals surface area contributed by atoms with E-state index in [0.717, 1.165) is 47.3 Å². The molecule has 1 heterocycles. The van der Waals surface area contributed by atoms with Gasteiger partial charge in [0.1, 0.15) is 0 Å². The van der Waals surface area contributed by atoms with Gasteiger partial charge in [-0.1, -0.05) is 27.7 Å². The van der Waals surface area contributed by atoms with Crippen LogP contribution in [-0.2, 0) is 7.05 Å². The second-order valence-electron chi connectivity index (χ2n) is 7.95. The highest BCUT2D eigenvalue weighted by atomic mass is 33.1. The summed E-state index contributed by atoms with van der Waals surface area (Å²) in [5, 5.41) is 23.8. The zero-order valence-corrected chi connectivity index (χ0v) is 23.8. The van der Waals surface area contributed by atoms with Crippen molar-refractivity contribution in [1.82, 2.24) is 14.5 Å². The van der Waals surface area contributed by atoms with Crippen LogP contribution in [0.1, 0.15) is 6.92 Å². The van der Waals surface area contributed by atoms with Crippen LogP contribution in [-0.4, -0.2) is 59.1 Å². The van der Waals surface area contributed by atoms with E-state index in [1.54, 1.807) is 13.2 Å². The predicted octanol–water partition coefficient (Wildman–Crippen LogP) is 7.28. The van der Waals surface area contributed by atoms with Crippen molar-refractivity contribution in [1.29, 1.82) is 0 Å². The fraction of sp³-hybridized carbons (Fsp3) is 0.308. The van der Waals surface area contributed by atoms with E-state index in [1.165, 1.54) is 0 Å².